The van der Waals surface area contributed by atoms with Gasteiger partial charge in [-0.3, -0.25) is 0 Å². The predicted molar refractivity (Wildman–Crippen MR) is 61.7 cm³/mol. The van der Waals surface area contributed by atoms with E-state index in [4.69, 9.17) is 11.5 Å². The van der Waals surface area contributed by atoms with E-state index in [0.717, 1.165) is 11.5 Å². The SMILES string of the molecule is CCN1C(N)=NC(N)=NC1c1nc(C)c[nH]1. The summed E-state index contributed by atoms with van der Waals surface area (Å²) in [5, 5.41) is 0. The third-order valence-electron chi connectivity index (χ3n) is 2.38. The van der Waals surface area contributed by atoms with Crippen molar-refractivity contribution in [2.45, 2.75) is 20.0 Å². The number of nitrogens with zero attached hydrogens (tertiary/aromatic N) is 4. The monoisotopic (exact) mass is 221 g/mol. The van der Waals surface area contributed by atoms with E-state index in [1.807, 2.05) is 24.9 Å². The fourth-order valence-electron chi connectivity index (χ4n) is 1.64. The Bertz CT molecular complexity index is 444. The molecule has 0 saturated carbocycles. The van der Waals surface area contributed by atoms with Gasteiger partial charge in [0.25, 0.3) is 0 Å². The maximum atomic E-state index is 5.79. The van der Waals surface area contributed by atoms with Gasteiger partial charge in [-0.2, -0.15) is 4.99 Å². The van der Waals surface area contributed by atoms with Crippen molar-refractivity contribution in [2.75, 3.05) is 6.54 Å². The molecule has 2 rings (SSSR count). The minimum absolute atomic E-state index is 0.182. The predicted octanol–water partition coefficient (Wildman–Crippen LogP) is -0.318. The summed E-state index contributed by atoms with van der Waals surface area (Å²) in [6.45, 7) is 4.57. The second kappa shape index (κ2) is 3.84. The molecule has 2 heterocycles. The van der Waals surface area contributed by atoms with Gasteiger partial charge in [-0.05, 0) is 13.8 Å². The van der Waals surface area contributed by atoms with Crippen LogP contribution in [0.3, 0.4) is 0 Å². The summed E-state index contributed by atoms with van der Waals surface area (Å²) in [4.78, 5) is 17.4. The molecule has 5 N–H and O–H groups in total. The Morgan fingerprint density at radius 1 is 1.50 bits per heavy atom. The van der Waals surface area contributed by atoms with Crippen molar-refractivity contribution in [1.82, 2.24) is 14.9 Å². The van der Waals surface area contributed by atoms with Crippen molar-refractivity contribution in [3.8, 4) is 0 Å². The second-order valence-corrected chi connectivity index (χ2v) is 3.54. The molecule has 7 nitrogen and oxygen atoms in total. The maximum absolute atomic E-state index is 5.79. The lowest BCUT2D eigenvalue weighted by Gasteiger charge is -2.29. The fourth-order valence-corrected chi connectivity index (χ4v) is 1.64. The summed E-state index contributed by atoms with van der Waals surface area (Å²) in [6, 6.07) is 0. The number of aromatic amines is 1. The zero-order valence-electron chi connectivity index (χ0n) is 9.31. The molecule has 0 aliphatic carbocycles. The molecule has 86 valence electrons. The summed E-state index contributed by atoms with van der Waals surface area (Å²) < 4.78 is 0. The van der Waals surface area contributed by atoms with E-state index < -0.39 is 0 Å². The third-order valence-corrected chi connectivity index (χ3v) is 2.38. The van der Waals surface area contributed by atoms with Gasteiger partial charge in [-0.1, -0.05) is 0 Å². The van der Waals surface area contributed by atoms with Gasteiger partial charge in [0.05, 0.1) is 5.69 Å². The molecule has 0 amide bonds. The van der Waals surface area contributed by atoms with Gasteiger partial charge >= 0.3 is 0 Å². The molecule has 1 atom stereocenters. The van der Waals surface area contributed by atoms with Crippen LogP contribution in [0.2, 0.25) is 0 Å². The van der Waals surface area contributed by atoms with E-state index in [0.29, 0.717) is 12.5 Å². The minimum Gasteiger partial charge on any atom is -0.369 e. The molecule has 0 spiro atoms. The number of imidazole rings is 1. The third kappa shape index (κ3) is 1.71. The van der Waals surface area contributed by atoms with Crippen LogP contribution < -0.4 is 11.5 Å². The Morgan fingerprint density at radius 3 is 2.81 bits per heavy atom. The molecular formula is C9H15N7. The van der Waals surface area contributed by atoms with E-state index in [1.165, 1.54) is 0 Å². The van der Waals surface area contributed by atoms with Gasteiger partial charge in [-0.15, -0.1) is 0 Å². The zero-order chi connectivity index (χ0) is 11.7. The van der Waals surface area contributed by atoms with Gasteiger partial charge in [-0.25, -0.2) is 9.98 Å². The summed E-state index contributed by atoms with van der Waals surface area (Å²) >= 11 is 0. The van der Waals surface area contributed by atoms with E-state index in [-0.39, 0.29) is 12.1 Å². The first kappa shape index (κ1) is 10.5. The van der Waals surface area contributed by atoms with Gasteiger partial charge in [0.15, 0.2) is 12.0 Å². The van der Waals surface area contributed by atoms with Crippen LogP contribution in [0, 0.1) is 6.92 Å². The van der Waals surface area contributed by atoms with Gasteiger partial charge < -0.3 is 21.4 Å². The number of nitrogens with two attached hydrogens (primary N) is 2. The first-order chi connectivity index (χ1) is 7.61. The quantitative estimate of drug-likeness (QED) is 0.636. The number of H-pyrrole nitrogens is 1. The van der Waals surface area contributed by atoms with Crippen LogP contribution in [-0.2, 0) is 0 Å². The van der Waals surface area contributed by atoms with Crippen LogP contribution >= 0.6 is 0 Å². The smallest absolute Gasteiger partial charge is 0.221 e. The molecule has 1 aromatic heterocycles. The molecule has 7 heteroatoms. The molecule has 0 bridgehead atoms. The van der Waals surface area contributed by atoms with E-state index in [2.05, 4.69) is 20.0 Å². The molecule has 1 aromatic rings. The molecule has 0 fully saturated rings. The summed E-state index contributed by atoms with van der Waals surface area (Å²) in [5.74, 6) is 1.27. The normalized spacial score (nSPS) is 20.6. The first-order valence-corrected chi connectivity index (χ1v) is 5.07. The number of rotatable bonds is 2. The highest BCUT2D eigenvalue weighted by molar-refractivity contribution is 5.95. The summed E-state index contributed by atoms with van der Waals surface area (Å²) in [6.07, 6.45) is 1.51. The van der Waals surface area contributed by atoms with E-state index >= 15 is 0 Å². The van der Waals surface area contributed by atoms with Crippen LogP contribution in [-0.4, -0.2) is 33.3 Å². The highest BCUT2D eigenvalue weighted by atomic mass is 15.4. The lowest BCUT2D eigenvalue weighted by Crippen LogP contribution is -2.44. The van der Waals surface area contributed by atoms with Gasteiger partial charge in [0, 0.05) is 12.7 Å². The maximum Gasteiger partial charge on any atom is 0.221 e. The molecule has 1 aliphatic rings. The summed E-state index contributed by atoms with van der Waals surface area (Å²) in [7, 11) is 0. The largest absolute Gasteiger partial charge is 0.369 e. The molecule has 0 radical (unpaired) electrons. The zero-order valence-corrected chi connectivity index (χ0v) is 9.31. The van der Waals surface area contributed by atoms with Gasteiger partial charge in [0.2, 0.25) is 11.9 Å². The Balaban J connectivity index is 2.36. The van der Waals surface area contributed by atoms with Gasteiger partial charge in [0.1, 0.15) is 0 Å². The fraction of sp³-hybridized carbons (Fsp3) is 0.444. The average Bonchev–Trinajstić information content (AvgIpc) is 2.63. The number of aromatic nitrogens is 2. The molecular weight excluding hydrogens is 206 g/mol. The summed E-state index contributed by atoms with van der Waals surface area (Å²) in [5.41, 5.74) is 12.3. The van der Waals surface area contributed by atoms with Crippen molar-refractivity contribution in [3.05, 3.63) is 17.7 Å². The van der Waals surface area contributed by atoms with Crippen LogP contribution in [0.25, 0.3) is 0 Å². The van der Waals surface area contributed by atoms with Crippen molar-refractivity contribution < 1.29 is 0 Å². The molecule has 0 aromatic carbocycles. The standard InChI is InChI=1S/C9H15N7/c1-3-16-7(6-12-4-5(2)13-6)14-8(10)15-9(16)11/h4,7H,3H2,1-2H3,(H,12,13)(H4,10,11,14,15). The Kier molecular flexibility index (Phi) is 2.51. The molecule has 16 heavy (non-hydrogen) atoms. The highest BCUT2D eigenvalue weighted by Gasteiger charge is 2.26. The van der Waals surface area contributed by atoms with Crippen LogP contribution in [0.15, 0.2) is 16.2 Å². The number of aryl methyl sites for hydroxylation is 1. The number of nitrogens with one attached hydrogen (secondary N) is 1. The number of aliphatic imine (C=N–C) groups is 2. The highest BCUT2D eigenvalue weighted by Crippen LogP contribution is 2.21. The van der Waals surface area contributed by atoms with Crippen LogP contribution in [0.5, 0.6) is 0 Å². The number of hydrogen-bond donors (Lipinski definition) is 3. The lowest BCUT2D eigenvalue weighted by molar-refractivity contribution is 0.320. The first-order valence-electron chi connectivity index (χ1n) is 5.07. The average molecular weight is 221 g/mol. The van der Waals surface area contributed by atoms with Crippen LogP contribution in [0.1, 0.15) is 24.6 Å². The van der Waals surface area contributed by atoms with Crippen molar-refractivity contribution in [2.24, 2.45) is 21.5 Å². The van der Waals surface area contributed by atoms with E-state index in [1.54, 1.807) is 0 Å². The Hall–Kier alpha value is -2.05. The van der Waals surface area contributed by atoms with Crippen LogP contribution in [0.4, 0.5) is 0 Å². The topological polar surface area (TPSA) is 109 Å². The van der Waals surface area contributed by atoms with Crippen molar-refractivity contribution in [3.63, 3.8) is 0 Å². The Labute approximate surface area is 93.3 Å². The molecule has 1 unspecified atom stereocenters. The molecule has 0 saturated heterocycles. The van der Waals surface area contributed by atoms with E-state index in [9.17, 15) is 0 Å². The molecule has 1 aliphatic heterocycles. The minimum atomic E-state index is -0.309. The number of guanidine groups is 2. The van der Waals surface area contributed by atoms with Crippen molar-refractivity contribution >= 4 is 11.9 Å². The van der Waals surface area contributed by atoms with Crippen molar-refractivity contribution in [1.29, 1.82) is 0 Å². The Morgan fingerprint density at radius 2 is 2.25 bits per heavy atom. The lowest BCUT2D eigenvalue weighted by atomic mass is 10.3. The number of hydrogen-bond acceptors (Lipinski definition) is 6. The second-order valence-electron chi connectivity index (χ2n) is 3.54.